The molecule has 11 nitrogen and oxygen atoms in total. The summed E-state index contributed by atoms with van der Waals surface area (Å²) in [6, 6.07) is 30.9. The zero-order valence-corrected chi connectivity index (χ0v) is 28.8. The Morgan fingerprint density at radius 2 is 1.55 bits per heavy atom. The van der Waals surface area contributed by atoms with Gasteiger partial charge in [-0.25, -0.2) is 4.79 Å². The van der Waals surface area contributed by atoms with Crippen molar-refractivity contribution in [2.24, 2.45) is 0 Å². The lowest BCUT2D eigenvalue weighted by molar-refractivity contribution is -0.245. The molecule has 12 heteroatoms. The normalized spacial score (nSPS) is 20.2. The number of amides is 4. The molecule has 0 aliphatic carbocycles. The highest BCUT2D eigenvalue weighted by Gasteiger charge is 2.40. The quantitative estimate of drug-likeness (QED) is 0.119. The molecule has 1 unspecified atom stereocenters. The first-order valence-electron chi connectivity index (χ1n) is 16.7. The van der Waals surface area contributed by atoms with Gasteiger partial charge >= 0.3 is 6.09 Å². The highest BCUT2D eigenvalue weighted by Crippen LogP contribution is 2.39. The molecular formula is C39H39N3O8S. The van der Waals surface area contributed by atoms with Gasteiger partial charge in [0.2, 0.25) is 11.8 Å². The second kappa shape index (κ2) is 16.8. The molecule has 4 aromatic carbocycles. The zero-order valence-electron chi connectivity index (χ0n) is 28.0. The Bertz CT molecular complexity index is 1820. The molecule has 4 amide bonds. The number of likely N-dealkylation sites (tertiary alicyclic amines) is 1. The van der Waals surface area contributed by atoms with E-state index >= 15 is 0 Å². The smallest absolute Gasteiger partial charge is 0.408 e. The first kappa shape index (κ1) is 35.8. The van der Waals surface area contributed by atoms with Gasteiger partial charge in [0.15, 0.2) is 6.29 Å². The lowest BCUT2D eigenvalue weighted by Crippen LogP contribution is -2.41. The van der Waals surface area contributed by atoms with Crippen molar-refractivity contribution >= 4 is 41.3 Å². The van der Waals surface area contributed by atoms with Crippen molar-refractivity contribution in [2.75, 3.05) is 11.1 Å². The van der Waals surface area contributed by atoms with Crippen molar-refractivity contribution in [2.45, 2.75) is 69.0 Å². The number of nitrogens with zero attached hydrogens (tertiary/aromatic N) is 1. The van der Waals surface area contributed by atoms with E-state index in [1.807, 2.05) is 103 Å². The number of hydrogen-bond acceptors (Lipinski definition) is 9. The number of carbonyl (C=O) groups is 4. The van der Waals surface area contributed by atoms with Crippen LogP contribution in [0.1, 0.15) is 60.0 Å². The summed E-state index contributed by atoms with van der Waals surface area (Å²) >= 11 is 1.65. The van der Waals surface area contributed by atoms with Crippen molar-refractivity contribution in [3.63, 3.8) is 0 Å². The van der Waals surface area contributed by atoms with Gasteiger partial charge in [-0.1, -0.05) is 78.9 Å². The van der Waals surface area contributed by atoms with Crippen LogP contribution in [0.15, 0.2) is 108 Å². The minimum absolute atomic E-state index is 0.0447. The summed E-state index contributed by atoms with van der Waals surface area (Å²) in [6.07, 6.45) is -1.36. The number of anilines is 1. The molecule has 6 rings (SSSR count). The van der Waals surface area contributed by atoms with Crippen LogP contribution < -0.4 is 10.6 Å². The lowest BCUT2D eigenvalue weighted by atomic mass is 10.0. The molecule has 2 fully saturated rings. The summed E-state index contributed by atoms with van der Waals surface area (Å²) in [5, 5.41) is 14.8. The monoisotopic (exact) mass is 709 g/mol. The molecule has 0 bridgehead atoms. The summed E-state index contributed by atoms with van der Waals surface area (Å²) < 4.78 is 18.2. The summed E-state index contributed by atoms with van der Waals surface area (Å²) in [6.45, 7) is 1.54. The van der Waals surface area contributed by atoms with Gasteiger partial charge in [-0.2, -0.15) is 0 Å². The van der Waals surface area contributed by atoms with Gasteiger partial charge in [0, 0.05) is 35.2 Å². The first-order chi connectivity index (χ1) is 24.7. The molecule has 2 heterocycles. The van der Waals surface area contributed by atoms with Gasteiger partial charge in [0.25, 0.3) is 5.91 Å². The van der Waals surface area contributed by atoms with Crippen LogP contribution in [0.25, 0.3) is 0 Å². The average molecular weight is 710 g/mol. The minimum atomic E-state index is -0.989. The van der Waals surface area contributed by atoms with Crippen LogP contribution in [-0.4, -0.2) is 51.7 Å². The number of aliphatic hydroxyl groups excluding tert-OH is 1. The number of hydrogen-bond donors (Lipinski definition) is 3. The maximum atomic E-state index is 13.1. The van der Waals surface area contributed by atoms with Crippen molar-refractivity contribution in [3.05, 3.63) is 131 Å². The maximum Gasteiger partial charge on any atom is 0.408 e. The fourth-order valence-electron chi connectivity index (χ4n) is 5.88. The molecule has 264 valence electrons. The third-order valence-corrected chi connectivity index (χ3v) is 9.71. The highest BCUT2D eigenvalue weighted by atomic mass is 32.2. The highest BCUT2D eigenvalue weighted by molar-refractivity contribution is 7.99. The van der Waals surface area contributed by atoms with E-state index in [4.69, 9.17) is 14.2 Å². The van der Waals surface area contributed by atoms with Crippen LogP contribution >= 0.6 is 11.8 Å². The number of carbonyl (C=O) groups excluding carboxylic acids is 4. The Morgan fingerprint density at radius 1 is 0.863 bits per heavy atom. The van der Waals surface area contributed by atoms with Gasteiger partial charge in [-0.3, -0.25) is 19.3 Å². The Hall–Kier alpha value is -5.01. The third-order valence-electron chi connectivity index (χ3n) is 8.57. The molecule has 4 aromatic rings. The fraction of sp³-hybridized carbons (Fsp3) is 0.282. The number of alkyl carbamates (subject to hydrolysis) is 1. The number of nitrogens with one attached hydrogen (secondary N) is 2. The number of rotatable bonds is 12. The molecule has 2 saturated heterocycles. The summed E-state index contributed by atoms with van der Waals surface area (Å²) in [4.78, 5) is 51.8. The molecule has 3 N–H and O–H groups in total. The topological polar surface area (TPSA) is 144 Å². The number of benzene rings is 4. The fourth-order valence-corrected chi connectivity index (χ4v) is 6.80. The van der Waals surface area contributed by atoms with Crippen LogP contribution in [-0.2, 0) is 48.4 Å². The largest absolute Gasteiger partial charge is 0.445 e. The van der Waals surface area contributed by atoms with E-state index < -0.39 is 24.3 Å². The van der Waals surface area contributed by atoms with Gasteiger partial charge in [-0.15, -0.1) is 11.8 Å². The minimum Gasteiger partial charge on any atom is -0.445 e. The summed E-state index contributed by atoms with van der Waals surface area (Å²) in [5.74, 6) is -0.325. The molecular weight excluding hydrogens is 671 g/mol. The van der Waals surface area contributed by atoms with E-state index in [0.717, 1.165) is 43.3 Å². The summed E-state index contributed by atoms with van der Waals surface area (Å²) in [7, 11) is 0. The van der Waals surface area contributed by atoms with Crippen molar-refractivity contribution in [1.29, 1.82) is 0 Å². The number of aliphatic hydroxyl groups is 1. The molecule has 51 heavy (non-hydrogen) atoms. The first-order valence-corrected chi connectivity index (χ1v) is 17.6. The predicted octanol–water partition coefficient (Wildman–Crippen LogP) is 6.03. The predicted molar refractivity (Wildman–Crippen MR) is 190 cm³/mol. The van der Waals surface area contributed by atoms with Gasteiger partial charge in [-0.05, 0) is 46.5 Å². The van der Waals surface area contributed by atoms with Crippen LogP contribution in [0.5, 0.6) is 0 Å². The number of ether oxygens (including phenoxy) is 3. The Morgan fingerprint density at radius 3 is 2.24 bits per heavy atom. The Kier molecular flexibility index (Phi) is 11.8. The molecule has 0 spiro atoms. The Labute approximate surface area is 300 Å². The molecule has 0 aromatic heterocycles. The van der Waals surface area contributed by atoms with E-state index in [1.54, 1.807) is 11.8 Å². The maximum absolute atomic E-state index is 13.1. The van der Waals surface area contributed by atoms with E-state index in [-0.39, 0.29) is 50.2 Å². The van der Waals surface area contributed by atoms with E-state index in [0.29, 0.717) is 12.2 Å². The average Bonchev–Trinajstić information content (AvgIpc) is 3.41. The standard InChI is InChI=1S/C39H39N3O8S/c1-25(44)40-31-15-17-33(18-16-31)51-24-32-19-35(29-11-9-27(22-43)10-12-29)50-38(49-32)30-13-7-26(8-14-30)21-42-36(45)20-34(37(42)46)41-39(47)48-23-28-5-3-2-4-6-28/h2-18,32,34-35,38,43H,19-24H2,1H3,(H,40,44)(H,41,47)/t32-,34?,35+,38+/m1/s1. The van der Waals surface area contributed by atoms with Gasteiger partial charge < -0.3 is 30.0 Å². The van der Waals surface area contributed by atoms with Crippen LogP contribution in [0.4, 0.5) is 10.5 Å². The summed E-state index contributed by atoms with van der Waals surface area (Å²) in [5.41, 5.74) is 4.85. The van der Waals surface area contributed by atoms with Gasteiger partial charge in [0.1, 0.15) is 12.6 Å². The SMILES string of the molecule is CC(=O)Nc1ccc(SC[C@H]2C[C@@H](c3ccc(CO)cc3)O[C@@H](c3ccc(CN4C(=O)CC(NC(=O)OCc5ccccc5)C4=O)cc3)O2)cc1. The van der Waals surface area contributed by atoms with Gasteiger partial charge in [0.05, 0.1) is 31.8 Å². The number of imide groups is 1. The number of thioether (sulfide) groups is 1. The van der Waals surface area contributed by atoms with Crippen molar-refractivity contribution in [3.8, 4) is 0 Å². The van der Waals surface area contributed by atoms with Crippen molar-refractivity contribution in [1.82, 2.24) is 10.2 Å². The molecule has 0 saturated carbocycles. The second-order valence-electron chi connectivity index (χ2n) is 12.4. The zero-order chi connectivity index (χ0) is 35.7. The lowest BCUT2D eigenvalue weighted by Gasteiger charge is -2.36. The van der Waals surface area contributed by atoms with Crippen molar-refractivity contribution < 1.29 is 38.5 Å². The van der Waals surface area contributed by atoms with Crippen LogP contribution in [0.3, 0.4) is 0 Å². The van der Waals surface area contributed by atoms with Crippen LogP contribution in [0, 0.1) is 0 Å². The molecule has 4 atom stereocenters. The second-order valence-corrected chi connectivity index (χ2v) is 13.5. The molecule has 2 aliphatic rings. The van der Waals surface area contributed by atoms with Crippen LogP contribution in [0.2, 0.25) is 0 Å². The molecule has 0 radical (unpaired) electrons. The van der Waals surface area contributed by atoms with E-state index in [1.165, 1.54) is 6.92 Å². The van der Waals surface area contributed by atoms with E-state index in [2.05, 4.69) is 10.6 Å². The Balaban J connectivity index is 1.08. The van der Waals surface area contributed by atoms with E-state index in [9.17, 15) is 24.3 Å². The third kappa shape index (κ3) is 9.62. The molecule has 2 aliphatic heterocycles.